The fourth-order valence-electron chi connectivity index (χ4n) is 1.98. The topological polar surface area (TPSA) is 28.7 Å². The fourth-order valence-corrected chi connectivity index (χ4v) is 1.98. The van der Waals surface area contributed by atoms with Crippen LogP contribution in [-0.2, 0) is 0 Å². The van der Waals surface area contributed by atoms with Crippen LogP contribution in [0, 0.1) is 6.92 Å². The van der Waals surface area contributed by atoms with Crippen LogP contribution in [0.25, 0.3) is 11.3 Å². The van der Waals surface area contributed by atoms with Crippen LogP contribution in [0.3, 0.4) is 0 Å². The monoisotopic (exact) mass is 200 g/mol. The molecule has 1 aromatic heterocycles. The molecule has 2 rings (SSSR count). The van der Waals surface area contributed by atoms with Crippen molar-refractivity contribution in [1.29, 1.82) is 0 Å². The average molecular weight is 200 g/mol. The van der Waals surface area contributed by atoms with Gasteiger partial charge in [-0.05, 0) is 30.0 Å². The second kappa shape index (κ2) is 3.89. The maximum Gasteiger partial charge on any atom is 0.0652 e. The molecular formula is C13H16N2. The zero-order valence-corrected chi connectivity index (χ0v) is 9.41. The Hall–Kier alpha value is -1.57. The summed E-state index contributed by atoms with van der Waals surface area (Å²) >= 11 is 0. The second-order valence-corrected chi connectivity index (χ2v) is 4.14. The first-order valence-corrected chi connectivity index (χ1v) is 5.29. The van der Waals surface area contributed by atoms with Crippen LogP contribution in [0.1, 0.15) is 30.9 Å². The van der Waals surface area contributed by atoms with Gasteiger partial charge in [-0.2, -0.15) is 5.10 Å². The molecule has 0 amide bonds. The Bertz CT molecular complexity index is 442. The van der Waals surface area contributed by atoms with E-state index in [0.29, 0.717) is 5.92 Å². The highest BCUT2D eigenvalue weighted by Crippen LogP contribution is 2.27. The van der Waals surface area contributed by atoms with Crippen molar-refractivity contribution in [2.45, 2.75) is 26.7 Å². The minimum atomic E-state index is 0.563. The second-order valence-electron chi connectivity index (χ2n) is 4.14. The highest BCUT2D eigenvalue weighted by atomic mass is 15.1. The van der Waals surface area contributed by atoms with Gasteiger partial charge in [0.15, 0.2) is 0 Å². The lowest BCUT2D eigenvalue weighted by Crippen LogP contribution is -1.94. The lowest BCUT2D eigenvalue weighted by atomic mass is 9.93. The minimum absolute atomic E-state index is 0.563. The van der Waals surface area contributed by atoms with Crippen LogP contribution in [0.2, 0.25) is 0 Å². The van der Waals surface area contributed by atoms with Crippen molar-refractivity contribution < 1.29 is 0 Å². The van der Waals surface area contributed by atoms with Crippen molar-refractivity contribution in [3.8, 4) is 11.3 Å². The van der Waals surface area contributed by atoms with Crippen LogP contribution < -0.4 is 0 Å². The van der Waals surface area contributed by atoms with E-state index < -0.39 is 0 Å². The molecule has 0 saturated carbocycles. The summed E-state index contributed by atoms with van der Waals surface area (Å²) in [5, 5.41) is 7.00. The van der Waals surface area contributed by atoms with Gasteiger partial charge in [0.2, 0.25) is 0 Å². The molecule has 0 aliphatic heterocycles. The molecule has 2 heteroatoms. The van der Waals surface area contributed by atoms with Gasteiger partial charge in [0.25, 0.3) is 0 Å². The summed E-state index contributed by atoms with van der Waals surface area (Å²) in [7, 11) is 0. The molecule has 1 heterocycles. The van der Waals surface area contributed by atoms with Crippen molar-refractivity contribution in [2.75, 3.05) is 0 Å². The van der Waals surface area contributed by atoms with Crippen LogP contribution in [0.4, 0.5) is 0 Å². The van der Waals surface area contributed by atoms with Gasteiger partial charge in [0.05, 0.1) is 5.69 Å². The van der Waals surface area contributed by atoms with E-state index in [1.807, 2.05) is 6.07 Å². The van der Waals surface area contributed by atoms with Gasteiger partial charge >= 0.3 is 0 Å². The molecular weight excluding hydrogens is 184 g/mol. The van der Waals surface area contributed by atoms with E-state index in [1.165, 1.54) is 16.7 Å². The lowest BCUT2D eigenvalue weighted by Gasteiger charge is -2.12. The maximum atomic E-state index is 3.99. The number of aromatic nitrogens is 2. The Labute approximate surface area is 90.3 Å². The maximum absolute atomic E-state index is 3.99. The molecule has 78 valence electrons. The van der Waals surface area contributed by atoms with E-state index in [2.05, 4.69) is 49.2 Å². The van der Waals surface area contributed by atoms with Crippen molar-refractivity contribution in [1.82, 2.24) is 10.2 Å². The predicted octanol–water partition coefficient (Wildman–Crippen LogP) is 3.51. The molecule has 0 spiro atoms. The number of rotatable bonds is 2. The Morgan fingerprint density at radius 1 is 1.20 bits per heavy atom. The number of nitrogens with one attached hydrogen (secondary N) is 1. The van der Waals surface area contributed by atoms with Crippen LogP contribution in [0.15, 0.2) is 30.5 Å². The van der Waals surface area contributed by atoms with E-state index in [9.17, 15) is 0 Å². The summed E-state index contributed by atoms with van der Waals surface area (Å²) < 4.78 is 0. The van der Waals surface area contributed by atoms with Gasteiger partial charge in [-0.1, -0.05) is 32.0 Å². The quantitative estimate of drug-likeness (QED) is 0.789. The Morgan fingerprint density at radius 2 is 2.00 bits per heavy atom. The molecule has 0 aliphatic carbocycles. The van der Waals surface area contributed by atoms with Crippen molar-refractivity contribution in [2.24, 2.45) is 0 Å². The van der Waals surface area contributed by atoms with Crippen molar-refractivity contribution >= 4 is 0 Å². The van der Waals surface area contributed by atoms with E-state index in [0.717, 1.165) is 5.69 Å². The number of H-pyrrole nitrogens is 1. The van der Waals surface area contributed by atoms with E-state index >= 15 is 0 Å². The largest absolute Gasteiger partial charge is 0.278 e. The Kier molecular flexibility index (Phi) is 2.58. The Morgan fingerprint density at radius 3 is 2.60 bits per heavy atom. The van der Waals surface area contributed by atoms with Crippen LogP contribution >= 0.6 is 0 Å². The number of aromatic amines is 1. The van der Waals surface area contributed by atoms with Crippen LogP contribution in [-0.4, -0.2) is 10.2 Å². The molecule has 1 aromatic carbocycles. The molecule has 0 atom stereocenters. The van der Waals surface area contributed by atoms with Crippen LogP contribution in [0.5, 0.6) is 0 Å². The fraction of sp³-hybridized carbons (Fsp3) is 0.308. The normalized spacial score (nSPS) is 10.9. The van der Waals surface area contributed by atoms with Gasteiger partial charge in [0, 0.05) is 11.8 Å². The SMILES string of the molecule is Cc1c(-c2ccn[nH]2)cccc1C(C)C. The molecule has 0 bridgehead atoms. The first kappa shape index (κ1) is 9.97. The molecule has 0 aliphatic rings. The van der Waals surface area contributed by atoms with Gasteiger partial charge < -0.3 is 0 Å². The molecule has 15 heavy (non-hydrogen) atoms. The highest BCUT2D eigenvalue weighted by molar-refractivity contribution is 5.64. The first-order chi connectivity index (χ1) is 7.20. The molecule has 0 unspecified atom stereocenters. The third-order valence-corrected chi connectivity index (χ3v) is 2.79. The summed E-state index contributed by atoms with van der Waals surface area (Å²) in [5.41, 5.74) is 5.09. The first-order valence-electron chi connectivity index (χ1n) is 5.29. The number of benzene rings is 1. The third-order valence-electron chi connectivity index (χ3n) is 2.79. The lowest BCUT2D eigenvalue weighted by molar-refractivity contribution is 0.857. The molecule has 2 nitrogen and oxygen atoms in total. The molecule has 0 fully saturated rings. The summed E-state index contributed by atoms with van der Waals surface area (Å²) in [6, 6.07) is 8.44. The summed E-state index contributed by atoms with van der Waals surface area (Å²) in [6.07, 6.45) is 1.79. The van der Waals surface area contributed by atoms with E-state index in [4.69, 9.17) is 0 Å². The van der Waals surface area contributed by atoms with Gasteiger partial charge in [-0.15, -0.1) is 0 Å². The highest BCUT2D eigenvalue weighted by Gasteiger charge is 2.08. The van der Waals surface area contributed by atoms with Gasteiger partial charge in [0.1, 0.15) is 0 Å². The number of hydrogen-bond donors (Lipinski definition) is 1. The average Bonchev–Trinajstić information content (AvgIpc) is 2.70. The van der Waals surface area contributed by atoms with Crippen molar-refractivity contribution in [3.63, 3.8) is 0 Å². The minimum Gasteiger partial charge on any atom is -0.278 e. The van der Waals surface area contributed by atoms with Gasteiger partial charge in [-0.25, -0.2) is 0 Å². The summed E-state index contributed by atoms with van der Waals surface area (Å²) in [6.45, 7) is 6.61. The number of hydrogen-bond acceptors (Lipinski definition) is 1. The molecule has 1 N–H and O–H groups in total. The van der Waals surface area contributed by atoms with E-state index in [1.54, 1.807) is 6.20 Å². The van der Waals surface area contributed by atoms with Gasteiger partial charge in [-0.3, -0.25) is 5.10 Å². The Balaban J connectivity index is 2.54. The molecule has 2 aromatic rings. The third kappa shape index (κ3) is 1.80. The summed E-state index contributed by atoms with van der Waals surface area (Å²) in [4.78, 5) is 0. The van der Waals surface area contributed by atoms with E-state index in [-0.39, 0.29) is 0 Å². The molecule has 0 radical (unpaired) electrons. The van der Waals surface area contributed by atoms with Crippen molar-refractivity contribution in [3.05, 3.63) is 41.6 Å². The number of nitrogens with zero attached hydrogens (tertiary/aromatic N) is 1. The standard InChI is InChI=1S/C13H16N2/c1-9(2)11-5-4-6-12(10(11)3)13-7-8-14-15-13/h4-9H,1-3H3,(H,14,15). The molecule has 0 saturated heterocycles. The zero-order valence-electron chi connectivity index (χ0n) is 9.41. The summed E-state index contributed by atoms with van der Waals surface area (Å²) in [5.74, 6) is 0.563. The smallest absolute Gasteiger partial charge is 0.0652 e. The predicted molar refractivity (Wildman–Crippen MR) is 62.8 cm³/mol. The zero-order chi connectivity index (χ0) is 10.8.